The van der Waals surface area contributed by atoms with Crippen molar-refractivity contribution in [2.75, 3.05) is 16.3 Å². The summed E-state index contributed by atoms with van der Waals surface area (Å²) in [6.07, 6.45) is 4.35. The Bertz CT molecular complexity index is 1570. The average molecular weight is 495 g/mol. The van der Waals surface area contributed by atoms with Gasteiger partial charge in [0.25, 0.3) is 15.6 Å². The molecule has 12 nitrogen and oxygen atoms in total. The van der Waals surface area contributed by atoms with Gasteiger partial charge in [-0.2, -0.15) is 8.42 Å². The summed E-state index contributed by atoms with van der Waals surface area (Å²) < 4.78 is 57.4. The van der Waals surface area contributed by atoms with Gasteiger partial charge in [-0.25, -0.2) is 22.6 Å². The molecule has 3 aromatic rings. The number of anilines is 2. The first-order chi connectivity index (χ1) is 15.4. The summed E-state index contributed by atoms with van der Waals surface area (Å²) in [7, 11) is -7.94. The van der Waals surface area contributed by atoms with E-state index in [4.69, 9.17) is 0 Å². The minimum Gasteiger partial charge on any atom is -0.505 e. The van der Waals surface area contributed by atoms with Crippen molar-refractivity contribution in [3.63, 3.8) is 0 Å². The number of nitrogens with zero attached hydrogens (tertiary/aromatic N) is 4. The lowest BCUT2D eigenvalue weighted by Gasteiger charge is -2.21. The quantitative estimate of drug-likeness (QED) is 0.460. The van der Waals surface area contributed by atoms with Crippen molar-refractivity contribution in [1.82, 2.24) is 14.2 Å². The summed E-state index contributed by atoms with van der Waals surface area (Å²) in [5.74, 6) is -0.505. The number of fused-ring (bicyclic) bond motifs is 2. The molecule has 0 bridgehead atoms. The third-order valence-corrected chi connectivity index (χ3v) is 6.91. The van der Waals surface area contributed by atoms with Crippen molar-refractivity contribution in [3.05, 3.63) is 46.6 Å². The fourth-order valence-corrected chi connectivity index (χ4v) is 5.16. The van der Waals surface area contributed by atoms with E-state index in [2.05, 4.69) is 19.4 Å². The van der Waals surface area contributed by atoms with E-state index in [0.717, 1.165) is 12.3 Å². The topological polar surface area (TPSA) is 164 Å². The number of aromatic hydroxyl groups is 1. The van der Waals surface area contributed by atoms with Gasteiger partial charge in [0.2, 0.25) is 10.0 Å². The van der Waals surface area contributed by atoms with Crippen molar-refractivity contribution in [1.29, 1.82) is 0 Å². The van der Waals surface area contributed by atoms with Gasteiger partial charge >= 0.3 is 0 Å². The second kappa shape index (κ2) is 7.88. The van der Waals surface area contributed by atoms with Crippen molar-refractivity contribution in [2.45, 2.75) is 31.7 Å². The normalized spacial score (nSPS) is 15.2. The third-order valence-electron chi connectivity index (χ3n) is 4.99. The lowest BCUT2D eigenvalue weighted by Crippen LogP contribution is -2.35. The monoisotopic (exact) mass is 494 g/mol. The van der Waals surface area contributed by atoms with Gasteiger partial charge in [0.05, 0.1) is 18.1 Å². The molecule has 0 aliphatic carbocycles. The maximum absolute atomic E-state index is 13.3. The zero-order chi connectivity index (χ0) is 24.1. The third kappa shape index (κ3) is 4.30. The second-order valence-corrected chi connectivity index (χ2v) is 11.4. The highest BCUT2D eigenvalue weighted by Gasteiger charge is 2.30. The van der Waals surface area contributed by atoms with Crippen LogP contribution in [-0.4, -0.2) is 48.2 Å². The summed E-state index contributed by atoms with van der Waals surface area (Å²) in [5, 5.41) is 13.6. The molecule has 0 radical (unpaired) electrons. The van der Waals surface area contributed by atoms with Crippen molar-refractivity contribution < 1.29 is 21.9 Å². The molecule has 2 aromatic heterocycles. The summed E-state index contributed by atoms with van der Waals surface area (Å²) in [6, 6.07) is 3.84. The van der Waals surface area contributed by atoms with Crippen LogP contribution >= 0.6 is 0 Å². The van der Waals surface area contributed by atoms with Crippen LogP contribution < -0.4 is 15.6 Å². The number of imidazole rings is 1. The number of rotatable bonds is 6. The van der Waals surface area contributed by atoms with E-state index in [-0.39, 0.29) is 33.2 Å². The Kier molecular flexibility index (Phi) is 5.44. The maximum atomic E-state index is 13.3. The van der Waals surface area contributed by atoms with E-state index >= 15 is 0 Å². The standard InChI is InChI=1S/C19H22N6O6S2/c1-11(2)6-7-24-19(27)16(17(26)14-9-20-10-25(14)24)18-21-13-5-4-12(22-32(3,28)29)8-15(13)33(30,31)23-18/h4-5,8-11,22,26H,6-7H2,1-3H3,(H,21,23). The molecule has 33 heavy (non-hydrogen) atoms. The van der Waals surface area contributed by atoms with Crippen LogP contribution in [0.3, 0.4) is 0 Å². The maximum Gasteiger partial charge on any atom is 0.286 e. The molecule has 176 valence electrons. The highest BCUT2D eigenvalue weighted by molar-refractivity contribution is 7.92. The fourth-order valence-electron chi connectivity index (χ4n) is 3.45. The molecule has 0 unspecified atom stereocenters. The molecule has 4 rings (SSSR count). The van der Waals surface area contributed by atoms with Crippen molar-refractivity contribution >= 4 is 42.8 Å². The predicted octanol–water partition coefficient (Wildman–Crippen LogP) is 1.18. The van der Waals surface area contributed by atoms with Gasteiger partial charge in [0, 0.05) is 12.2 Å². The van der Waals surface area contributed by atoms with Gasteiger partial charge in [0.15, 0.2) is 11.6 Å². The highest BCUT2D eigenvalue weighted by atomic mass is 32.2. The van der Waals surface area contributed by atoms with Gasteiger partial charge in [-0.3, -0.25) is 9.52 Å². The van der Waals surface area contributed by atoms with Crippen LogP contribution in [0.1, 0.15) is 25.8 Å². The molecule has 0 amide bonds. The Hall–Kier alpha value is -3.39. The van der Waals surface area contributed by atoms with E-state index in [1.54, 1.807) is 0 Å². The van der Waals surface area contributed by atoms with Gasteiger partial charge in [-0.1, -0.05) is 13.8 Å². The molecule has 0 spiro atoms. The molecule has 0 atom stereocenters. The number of sulfonamides is 2. The predicted molar refractivity (Wildman–Crippen MR) is 123 cm³/mol. The lowest BCUT2D eigenvalue weighted by molar-refractivity contribution is 0.436. The average Bonchev–Trinajstić information content (AvgIpc) is 3.16. The molecule has 0 saturated heterocycles. The Morgan fingerprint density at radius 1 is 1.27 bits per heavy atom. The molecular weight excluding hydrogens is 472 g/mol. The van der Waals surface area contributed by atoms with Crippen LogP contribution in [0.15, 0.2) is 44.8 Å². The zero-order valence-electron chi connectivity index (χ0n) is 18.0. The van der Waals surface area contributed by atoms with Gasteiger partial charge in [-0.15, -0.1) is 4.40 Å². The van der Waals surface area contributed by atoms with E-state index in [9.17, 15) is 26.7 Å². The lowest BCUT2D eigenvalue weighted by atomic mass is 10.1. The number of hydrogen-bond donors (Lipinski definition) is 3. The van der Waals surface area contributed by atoms with Crippen LogP contribution in [0.4, 0.5) is 11.4 Å². The molecule has 3 heterocycles. The van der Waals surface area contributed by atoms with E-state index in [0.29, 0.717) is 18.9 Å². The Balaban J connectivity index is 1.86. The first-order valence-electron chi connectivity index (χ1n) is 9.89. The Morgan fingerprint density at radius 2 is 2.00 bits per heavy atom. The van der Waals surface area contributed by atoms with E-state index in [1.165, 1.54) is 33.9 Å². The molecule has 0 fully saturated rings. The summed E-state index contributed by atoms with van der Waals surface area (Å²) >= 11 is 0. The SMILES string of the molecule is CC(C)CCn1c(=O)c(C2=NS(=O)(=O)c3cc(NS(C)(=O)=O)ccc3N2)c(O)c2cncn21. The minimum absolute atomic E-state index is 0.0415. The largest absolute Gasteiger partial charge is 0.505 e. The Morgan fingerprint density at radius 3 is 2.67 bits per heavy atom. The Labute approximate surface area is 189 Å². The summed E-state index contributed by atoms with van der Waals surface area (Å²) in [6.45, 7) is 4.31. The molecule has 1 aromatic carbocycles. The zero-order valence-corrected chi connectivity index (χ0v) is 19.6. The van der Waals surface area contributed by atoms with E-state index < -0.39 is 31.4 Å². The van der Waals surface area contributed by atoms with Gasteiger partial charge in [-0.05, 0) is 30.5 Å². The van der Waals surface area contributed by atoms with Crippen LogP contribution in [0, 0.1) is 5.92 Å². The summed E-state index contributed by atoms with van der Waals surface area (Å²) in [5.41, 5.74) is -0.605. The number of amidine groups is 1. The van der Waals surface area contributed by atoms with Gasteiger partial charge < -0.3 is 10.4 Å². The second-order valence-electron chi connectivity index (χ2n) is 8.08. The van der Waals surface area contributed by atoms with Crippen molar-refractivity contribution in [3.8, 4) is 5.75 Å². The molecule has 3 N–H and O–H groups in total. The minimum atomic E-state index is -4.32. The number of nitrogens with one attached hydrogen (secondary N) is 2. The van der Waals surface area contributed by atoms with Crippen LogP contribution in [0.25, 0.3) is 5.52 Å². The smallest absolute Gasteiger partial charge is 0.286 e. The van der Waals surface area contributed by atoms with Crippen LogP contribution in [0.2, 0.25) is 0 Å². The first-order valence-corrected chi connectivity index (χ1v) is 13.2. The molecule has 0 saturated carbocycles. The molecule has 14 heteroatoms. The van der Waals surface area contributed by atoms with Crippen molar-refractivity contribution in [2.24, 2.45) is 10.3 Å². The number of hydrogen-bond acceptors (Lipinski definition) is 8. The van der Waals surface area contributed by atoms with E-state index in [1.807, 2.05) is 13.8 Å². The molecule has 1 aliphatic heterocycles. The fraction of sp³-hybridized carbons (Fsp3) is 0.316. The molecule has 1 aliphatic rings. The van der Waals surface area contributed by atoms with Gasteiger partial charge in [0.1, 0.15) is 22.3 Å². The molecular formula is C19H22N6O6S2. The van der Waals surface area contributed by atoms with Crippen LogP contribution in [-0.2, 0) is 26.6 Å². The number of benzene rings is 1. The van der Waals surface area contributed by atoms with Crippen LogP contribution in [0.5, 0.6) is 5.75 Å². The highest BCUT2D eigenvalue weighted by Crippen LogP contribution is 2.33. The number of aromatic nitrogens is 3. The number of aryl methyl sites for hydroxylation is 1. The first kappa shape index (κ1) is 22.8. The summed E-state index contributed by atoms with van der Waals surface area (Å²) in [4.78, 5) is 17.0.